The molecule has 0 aliphatic carbocycles. The molecule has 1 aliphatic heterocycles. The van der Waals surface area contributed by atoms with Crippen LogP contribution in [0, 0.1) is 0 Å². The summed E-state index contributed by atoms with van der Waals surface area (Å²) in [7, 11) is -3.61. The first kappa shape index (κ1) is 18.0. The molecule has 1 atom stereocenters. The third kappa shape index (κ3) is 4.05. The number of sulfonamides is 1. The quantitative estimate of drug-likeness (QED) is 0.891. The number of carbonyl (C=O) groups is 1. The van der Waals surface area contributed by atoms with Crippen LogP contribution in [-0.2, 0) is 21.4 Å². The lowest BCUT2D eigenvalue weighted by molar-refractivity contribution is -0.116. The molecule has 5 nitrogen and oxygen atoms in total. The third-order valence-corrected chi connectivity index (χ3v) is 6.52. The van der Waals surface area contributed by atoms with E-state index in [4.69, 9.17) is 0 Å². The molecule has 1 N–H and O–H groups in total. The molecule has 0 aromatic heterocycles. The molecule has 132 valence electrons. The smallest absolute Gasteiger partial charge is 0.240 e. The highest BCUT2D eigenvalue weighted by molar-refractivity contribution is 8.00. The van der Waals surface area contributed by atoms with Crippen molar-refractivity contribution in [2.45, 2.75) is 35.4 Å². The van der Waals surface area contributed by atoms with E-state index in [0.717, 1.165) is 16.1 Å². The van der Waals surface area contributed by atoms with E-state index in [1.165, 1.54) is 6.92 Å². The van der Waals surface area contributed by atoms with Crippen LogP contribution in [0.4, 0.5) is 5.69 Å². The molecule has 0 radical (unpaired) electrons. The molecule has 1 heterocycles. The number of nitrogens with zero attached hydrogens (tertiary/aromatic N) is 1. The van der Waals surface area contributed by atoms with Gasteiger partial charge in [0.05, 0.1) is 10.6 Å². The lowest BCUT2D eigenvalue weighted by Crippen LogP contribution is -2.37. The zero-order valence-electron chi connectivity index (χ0n) is 14.1. The molecule has 2 aromatic rings. The number of benzene rings is 2. The van der Waals surface area contributed by atoms with Crippen molar-refractivity contribution in [1.82, 2.24) is 4.72 Å². The molecule has 2 aromatic carbocycles. The van der Waals surface area contributed by atoms with Gasteiger partial charge in [0.1, 0.15) is 0 Å². The first-order chi connectivity index (χ1) is 11.9. The highest BCUT2D eigenvalue weighted by atomic mass is 32.2. The molecule has 7 heteroatoms. The fourth-order valence-electron chi connectivity index (χ4n) is 2.74. The van der Waals surface area contributed by atoms with Gasteiger partial charge in [-0.15, -0.1) is 11.8 Å². The summed E-state index contributed by atoms with van der Waals surface area (Å²) in [6.45, 7) is 4.42. The summed E-state index contributed by atoms with van der Waals surface area (Å²) in [5.74, 6) is -0.0359. The molecular weight excluding hydrogens is 356 g/mol. The number of carbonyl (C=O) groups excluding carboxylic acids is 1. The summed E-state index contributed by atoms with van der Waals surface area (Å²) in [5, 5.41) is 0.214. The molecule has 0 saturated carbocycles. The lowest BCUT2D eigenvalue weighted by atomic mass is 10.2. The lowest BCUT2D eigenvalue weighted by Gasteiger charge is -2.32. The first-order valence-corrected chi connectivity index (χ1v) is 10.4. The van der Waals surface area contributed by atoms with E-state index in [1.54, 1.807) is 34.9 Å². The van der Waals surface area contributed by atoms with Gasteiger partial charge in [0.15, 0.2) is 0 Å². The normalized spacial score (nSPS) is 17.2. The van der Waals surface area contributed by atoms with E-state index in [1.807, 2.05) is 37.3 Å². The highest BCUT2D eigenvalue weighted by Crippen LogP contribution is 2.39. The maximum absolute atomic E-state index is 12.6. The molecule has 0 spiro atoms. The van der Waals surface area contributed by atoms with E-state index in [-0.39, 0.29) is 22.6 Å². The average Bonchev–Trinajstić information content (AvgIpc) is 2.59. The van der Waals surface area contributed by atoms with Crippen molar-refractivity contribution in [2.24, 2.45) is 0 Å². The fraction of sp³-hybridized carbons (Fsp3) is 0.278. The molecule has 3 rings (SSSR count). The highest BCUT2D eigenvalue weighted by Gasteiger charge is 2.26. The molecule has 1 unspecified atom stereocenters. The molecule has 25 heavy (non-hydrogen) atoms. The van der Waals surface area contributed by atoms with Crippen molar-refractivity contribution >= 4 is 33.4 Å². The summed E-state index contributed by atoms with van der Waals surface area (Å²) >= 11 is 1.59. The van der Waals surface area contributed by atoms with Crippen LogP contribution < -0.4 is 9.62 Å². The molecule has 1 amide bonds. The monoisotopic (exact) mass is 376 g/mol. The van der Waals surface area contributed by atoms with Crippen LogP contribution in [0.25, 0.3) is 0 Å². The zero-order chi connectivity index (χ0) is 18.0. The first-order valence-electron chi connectivity index (χ1n) is 7.99. The fourth-order valence-corrected chi connectivity index (χ4v) is 5.01. The second-order valence-electron chi connectivity index (χ2n) is 6.00. The van der Waals surface area contributed by atoms with Crippen molar-refractivity contribution < 1.29 is 13.2 Å². The van der Waals surface area contributed by atoms with Gasteiger partial charge < -0.3 is 4.90 Å². The zero-order valence-corrected chi connectivity index (χ0v) is 15.7. The average molecular weight is 377 g/mol. The number of amides is 1. The summed E-state index contributed by atoms with van der Waals surface area (Å²) in [4.78, 5) is 14.6. The Morgan fingerprint density at radius 1 is 1.24 bits per heavy atom. The van der Waals surface area contributed by atoms with E-state index in [2.05, 4.69) is 4.72 Å². The predicted molar refractivity (Wildman–Crippen MR) is 100 cm³/mol. The Balaban J connectivity index is 1.85. The summed E-state index contributed by atoms with van der Waals surface area (Å²) < 4.78 is 27.8. The summed E-state index contributed by atoms with van der Waals surface area (Å²) in [5.41, 5.74) is 1.67. The van der Waals surface area contributed by atoms with Gasteiger partial charge in [0, 0.05) is 30.2 Å². The standard InChI is InChI=1S/C18H20N2O3S2/c1-13-12-20(14(2)21)17-9-8-16(10-18(17)24-13)25(22,23)19-11-15-6-4-3-5-7-15/h3-10,13,19H,11-12H2,1-2H3. The van der Waals surface area contributed by atoms with Crippen molar-refractivity contribution in [1.29, 1.82) is 0 Å². The van der Waals surface area contributed by atoms with Crippen LogP contribution in [0.1, 0.15) is 19.4 Å². The Kier molecular flexibility index (Phi) is 5.17. The van der Waals surface area contributed by atoms with Gasteiger partial charge in [-0.25, -0.2) is 13.1 Å². The van der Waals surface area contributed by atoms with Gasteiger partial charge in [-0.3, -0.25) is 4.79 Å². The van der Waals surface area contributed by atoms with Crippen LogP contribution in [0.2, 0.25) is 0 Å². The number of anilines is 1. The topological polar surface area (TPSA) is 66.5 Å². The SMILES string of the molecule is CC(=O)N1CC(C)Sc2cc(S(=O)(=O)NCc3ccccc3)ccc21. The summed E-state index contributed by atoms with van der Waals surface area (Å²) in [6, 6.07) is 14.3. The van der Waals surface area contributed by atoms with Gasteiger partial charge in [-0.2, -0.15) is 0 Å². The Hall–Kier alpha value is -1.83. The van der Waals surface area contributed by atoms with Crippen LogP contribution in [0.5, 0.6) is 0 Å². The van der Waals surface area contributed by atoms with Gasteiger partial charge in [0.2, 0.25) is 15.9 Å². The van der Waals surface area contributed by atoms with Crippen LogP contribution in [-0.4, -0.2) is 26.1 Å². The predicted octanol–water partition coefficient (Wildman–Crippen LogP) is 3.01. The molecule has 0 fully saturated rings. The van der Waals surface area contributed by atoms with E-state index in [0.29, 0.717) is 6.54 Å². The number of hydrogen-bond acceptors (Lipinski definition) is 4. The van der Waals surface area contributed by atoms with Crippen LogP contribution in [0.3, 0.4) is 0 Å². The maximum Gasteiger partial charge on any atom is 0.240 e. The minimum Gasteiger partial charge on any atom is -0.310 e. The minimum atomic E-state index is -3.61. The maximum atomic E-state index is 12.6. The second-order valence-corrected chi connectivity index (χ2v) is 9.24. The van der Waals surface area contributed by atoms with Crippen molar-refractivity contribution in [3.63, 3.8) is 0 Å². The number of rotatable bonds is 4. The Labute approximate surface area is 152 Å². The van der Waals surface area contributed by atoms with E-state index >= 15 is 0 Å². The van der Waals surface area contributed by atoms with Crippen molar-refractivity contribution in [2.75, 3.05) is 11.4 Å². The van der Waals surface area contributed by atoms with Crippen LogP contribution >= 0.6 is 11.8 Å². The molecular formula is C18H20N2O3S2. The van der Waals surface area contributed by atoms with Gasteiger partial charge in [-0.1, -0.05) is 37.3 Å². The van der Waals surface area contributed by atoms with E-state index in [9.17, 15) is 13.2 Å². The number of hydrogen-bond donors (Lipinski definition) is 1. The number of nitrogens with one attached hydrogen (secondary N) is 1. The Bertz CT molecular complexity index is 882. The van der Waals surface area contributed by atoms with Crippen molar-refractivity contribution in [3.8, 4) is 0 Å². The molecule has 0 bridgehead atoms. The third-order valence-electron chi connectivity index (χ3n) is 3.99. The van der Waals surface area contributed by atoms with E-state index < -0.39 is 10.0 Å². The minimum absolute atomic E-state index is 0.0359. The van der Waals surface area contributed by atoms with Crippen LogP contribution in [0.15, 0.2) is 58.3 Å². The van der Waals surface area contributed by atoms with Crippen molar-refractivity contribution in [3.05, 3.63) is 54.1 Å². The number of fused-ring (bicyclic) bond motifs is 1. The van der Waals surface area contributed by atoms with Gasteiger partial charge in [0.25, 0.3) is 0 Å². The summed E-state index contributed by atoms with van der Waals surface area (Å²) in [6.07, 6.45) is 0. The molecule has 1 aliphatic rings. The van der Waals surface area contributed by atoms with Gasteiger partial charge in [-0.05, 0) is 23.8 Å². The molecule has 0 saturated heterocycles. The Morgan fingerprint density at radius 2 is 1.96 bits per heavy atom. The Morgan fingerprint density at radius 3 is 2.64 bits per heavy atom. The largest absolute Gasteiger partial charge is 0.310 e. The van der Waals surface area contributed by atoms with Gasteiger partial charge >= 0.3 is 0 Å². The number of thioether (sulfide) groups is 1. The second kappa shape index (κ2) is 7.19.